The summed E-state index contributed by atoms with van der Waals surface area (Å²) < 4.78 is 1.30. The summed E-state index contributed by atoms with van der Waals surface area (Å²) in [4.78, 5) is 40.3. The Morgan fingerprint density at radius 1 is 1.00 bits per heavy atom. The first-order valence-corrected chi connectivity index (χ1v) is 9.45. The van der Waals surface area contributed by atoms with Crippen LogP contribution in [0.5, 0.6) is 0 Å². The van der Waals surface area contributed by atoms with E-state index in [0.717, 1.165) is 0 Å². The molecule has 1 amide bonds. The van der Waals surface area contributed by atoms with Gasteiger partial charge in [-0.25, -0.2) is 4.68 Å². The van der Waals surface area contributed by atoms with Gasteiger partial charge in [-0.15, -0.1) is 0 Å². The number of nitro groups is 1. The third-order valence-corrected chi connectivity index (χ3v) is 4.74. The number of benzene rings is 2. The lowest BCUT2D eigenvalue weighted by Crippen LogP contribution is -2.29. The number of carbonyl (C=O) groups excluding carboxylic acids is 1. The molecule has 0 saturated heterocycles. The number of amides is 1. The third-order valence-electron chi connectivity index (χ3n) is 4.74. The fourth-order valence-corrected chi connectivity index (χ4v) is 3.27. The maximum atomic E-state index is 12.9. The van der Waals surface area contributed by atoms with Crippen molar-refractivity contribution in [3.63, 3.8) is 0 Å². The molecule has 0 unspecified atom stereocenters. The van der Waals surface area contributed by atoms with Gasteiger partial charge < -0.3 is 5.32 Å². The summed E-state index contributed by atoms with van der Waals surface area (Å²) in [7, 11) is 0. The molecule has 1 N–H and O–H groups in total. The molecule has 0 atom stereocenters. The minimum absolute atomic E-state index is 0.00606. The van der Waals surface area contributed by atoms with Crippen molar-refractivity contribution >= 4 is 22.4 Å². The second-order valence-corrected chi connectivity index (χ2v) is 6.73. The van der Waals surface area contributed by atoms with E-state index in [1.165, 1.54) is 22.9 Å². The van der Waals surface area contributed by atoms with Crippen LogP contribution in [-0.2, 0) is 13.1 Å². The lowest BCUT2D eigenvalue weighted by Gasteiger charge is -2.12. The number of carbonyl (C=O) groups is 1. The number of aromatic nitrogens is 3. The summed E-state index contributed by atoms with van der Waals surface area (Å²) in [6.07, 6.45) is 1.63. The summed E-state index contributed by atoms with van der Waals surface area (Å²) in [6.45, 7) is 0.170. The van der Waals surface area contributed by atoms with Crippen LogP contribution in [-0.4, -0.2) is 25.6 Å². The van der Waals surface area contributed by atoms with Crippen LogP contribution in [0.3, 0.4) is 0 Å². The van der Waals surface area contributed by atoms with Gasteiger partial charge >= 0.3 is 0 Å². The van der Waals surface area contributed by atoms with Crippen LogP contribution < -0.4 is 10.9 Å². The Bertz CT molecular complexity index is 1330. The number of nitro benzene ring substituents is 1. The number of hydrogen-bond acceptors (Lipinski definition) is 6. The van der Waals surface area contributed by atoms with Gasteiger partial charge in [-0.3, -0.25) is 24.7 Å². The van der Waals surface area contributed by atoms with Crippen LogP contribution in [0.4, 0.5) is 5.69 Å². The van der Waals surface area contributed by atoms with Gasteiger partial charge in [0.2, 0.25) is 0 Å². The van der Waals surface area contributed by atoms with Gasteiger partial charge in [0.15, 0.2) is 0 Å². The Morgan fingerprint density at radius 2 is 1.71 bits per heavy atom. The van der Waals surface area contributed by atoms with Gasteiger partial charge in [-0.2, -0.15) is 5.10 Å². The molecule has 2 heterocycles. The molecule has 0 radical (unpaired) electrons. The van der Waals surface area contributed by atoms with Crippen molar-refractivity contribution in [2.75, 3.05) is 0 Å². The average molecular weight is 415 g/mol. The zero-order valence-corrected chi connectivity index (χ0v) is 16.3. The lowest BCUT2D eigenvalue weighted by atomic mass is 10.1. The number of hydrogen-bond donors (Lipinski definition) is 1. The number of para-hydroxylation sites is 1. The van der Waals surface area contributed by atoms with E-state index in [-0.39, 0.29) is 29.9 Å². The van der Waals surface area contributed by atoms with Gasteiger partial charge in [-0.05, 0) is 24.3 Å². The van der Waals surface area contributed by atoms with Gasteiger partial charge in [0, 0.05) is 17.6 Å². The largest absolute Gasteiger partial charge is 0.346 e. The normalized spacial score (nSPS) is 10.7. The van der Waals surface area contributed by atoms with E-state index in [1.54, 1.807) is 48.7 Å². The van der Waals surface area contributed by atoms with E-state index in [2.05, 4.69) is 15.4 Å². The van der Waals surface area contributed by atoms with Crippen LogP contribution in [0.1, 0.15) is 21.7 Å². The molecular weight excluding hydrogens is 398 g/mol. The Balaban J connectivity index is 1.67. The average Bonchev–Trinajstić information content (AvgIpc) is 2.80. The van der Waals surface area contributed by atoms with Crippen LogP contribution >= 0.6 is 0 Å². The molecule has 9 nitrogen and oxygen atoms in total. The highest BCUT2D eigenvalue weighted by Gasteiger charge is 2.19. The molecule has 2 aromatic carbocycles. The number of fused-ring (bicyclic) bond motifs is 1. The molecule has 0 spiro atoms. The van der Waals surface area contributed by atoms with Crippen LogP contribution in [0.15, 0.2) is 77.7 Å². The second-order valence-electron chi connectivity index (χ2n) is 6.73. The molecule has 154 valence electrons. The Kier molecular flexibility index (Phi) is 5.48. The highest BCUT2D eigenvalue weighted by Crippen LogP contribution is 2.18. The monoisotopic (exact) mass is 415 g/mol. The minimum Gasteiger partial charge on any atom is -0.346 e. The molecule has 9 heteroatoms. The summed E-state index contributed by atoms with van der Waals surface area (Å²) in [5, 5.41) is 19.4. The highest BCUT2D eigenvalue weighted by atomic mass is 16.6. The first-order valence-electron chi connectivity index (χ1n) is 9.45. The molecule has 0 bridgehead atoms. The fourth-order valence-electron chi connectivity index (χ4n) is 3.27. The summed E-state index contributed by atoms with van der Waals surface area (Å²) in [5.74, 6) is -0.597. The Morgan fingerprint density at radius 3 is 2.45 bits per heavy atom. The van der Waals surface area contributed by atoms with Crippen molar-refractivity contribution in [2.45, 2.75) is 13.1 Å². The van der Waals surface area contributed by atoms with Crippen molar-refractivity contribution in [3.05, 3.63) is 110 Å². The molecule has 4 aromatic rings. The zero-order valence-electron chi connectivity index (χ0n) is 16.3. The molecule has 2 aromatic heterocycles. The molecule has 31 heavy (non-hydrogen) atoms. The number of nitrogens with one attached hydrogen (secondary N) is 1. The predicted octanol–water partition coefficient (Wildman–Crippen LogP) is 2.68. The summed E-state index contributed by atoms with van der Waals surface area (Å²) in [6, 6.07) is 18.1. The predicted molar refractivity (Wildman–Crippen MR) is 114 cm³/mol. The fraction of sp³-hybridized carbons (Fsp3) is 0.0909. The van der Waals surface area contributed by atoms with E-state index in [9.17, 15) is 19.7 Å². The highest BCUT2D eigenvalue weighted by molar-refractivity contribution is 5.98. The van der Waals surface area contributed by atoms with Gasteiger partial charge in [0.25, 0.3) is 17.2 Å². The van der Waals surface area contributed by atoms with Crippen LogP contribution in [0, 0.1) is 10.1 Å². The van der Waals surface area contributed by atoms with E-state index in [1.807, 2.05) is 6.07 Å². The molecule has 0 aliphatic rings. The minimum atomic E-state index is -0.602. The van der Waals surface area contributed by atoms with Gasteiger partial charge in [-0.1, -0.05) is 36.4 Å². The topological polar surface area (TPSA) is 120 Å². The van der Waals surface area contributed by atoms with Gasteiger partial charge in [0.1, 0.15) is 5.56 Å². The third kappa shape index (κ3) is 4.15. The standard InChI is InChI=1S/C22H17N5O4/c28-21(18-10-3-4-11-20(18)27(30)31)24-13-19-16-8-1-2-9-17(16)22(29)26(25-19)14-15-7-5-6-12-23-15/h1-12H,13-14H2,(H,24,28). The molecule has 0 saturated carbocycles. The van der Waals surface area contributed by atoms with Crippen molar-refractivity contribution in [1.82, 2.24) is 20.1 Å². The van der Waals surface area contributed by atoms with E-state index in [0.29, 0.717) is 22.2 Å². The summed E-state index contributed by atoms with van der Waals surface area (Å²) in [5.41, 5.74) is 0.548. The van der Waals surface area contributed by atoms with Crippen LogP contribution in [0.2, 0.25) is 0 Å². The Hall–Kier alpha value is -4.40. The SMILES string of the molecule is O=C(NCc1nn(Cc2ccccn2)c(=O)c2ccccc12)c1ccccc1[N+](=O)[O-]. The first-order chi connectivity index (χ1) is 15.0. The van der Waals surface area contributed by atoms with Crippen molar-refractivity contribution in [1.29, 1.82) is 0 Å². The maximum absolute atomic E-state index is 12.9. The first kappa shape index (κ1) is 19.9. The summed E-state index contributed by atoms with van der Waals surface area (Å²) >= 11 is 0. The molecule has 4 rings (SSSR count). The lowest BCUT2D eigenvalue weighted by molar-refractivity contribution is -0.385. The smallest absolute Gasteiger partial charge is 0.282 e. The molecule has 0 aliphatic carbocycles. The van der Waals surface area contributed by atoms with E-state index >= 15 is 0 Å². The van der Waals surface area contributed by atoms with E-state index in [4.69, 9.17) is 0 Å². The van der Waals surface area contributed by atoms with Crippen molar-refractivity contribution in [3.8, 4) is 0 Å². The second kappa shape index (κ2) is 8.54. The number of pyridine rings is 1. The van der Waals surface area contributed by atoms with E-state index < -0.39 is 10.8 Å². The van der Waals surface area contributed by atoms with Crippen molar-refractivity contribution in [2.24, 2.45) is 0 Å². The Labute approximate surface area is 176 Å². The molecule has 0 fully saturated rings. The van der Waals surface area contributed by atoms with Crippen LogP contribution in [0.25, 0.3) is 10.8 Å². The van der Waals surface area contributed by atoms with Gasteiger partial charge in [0.05, 0.1) is 34.8 Å². The molecular formula is C22H17N5O4. The van der Waals surface area contributed by atoms with Crippen molar-refractivity contribution < 1.29 is 9.72 Å². The molecule has 0 aliphatic heterocycles. The number of nitrogens with zero attached hydrogens (tertiary/aromatic N) is 4. The zero-order chi connectivity index (χ0) is 21.8. The number of rotatable bonds is 6. The quantitative estimate of drug-likeness (QED) is 0.382. The maximum Gasteiger partial charge on any atom is 0.282 e.